The second-order valence-electron chi connectivity index (χ2n) is 8.26. The van der Waals surface area contributed by atoms with E-state index in [1.165, 1.54) is 0 Å². The van der Waals surface area contributed by atoms with Gasteiger partial charge in [0.05, 0.1) is 15.6 Å². The molecular weight excluding hydrogens is 497 g/mol. The number of aromatic nitrogens is 1. The van der Waals surface area contributed by atoms with E-state index in [-0.39, 0.29) is 12.1 Å². The molecule has 4 aromatic rings. The summed E-state index contributed by atoms with van der Waals surface area (Å²) in [5, 5.41) is 5.61. The zero-order valence-corrected chi connectivity index (χ0v) is 21.6. The van der Waals surface area contributed by atoms with Crippen LogP contribution < -0.4 is 4.74 Å². The number of rotatable bonds is 7. The summed E-state index contributed by atoms with van der Waals surface area (Å²) in [6, 6.07) is 21.6. The Morgan fingerprint density at radius 2 is 1.69 bits per heavy atom. The van der Waals surface area contributed by atoms with Crippen LogP contribution in [-0.4, -0.2) is 11.3 Å². The van der Waals surface area contributed by atoms with Crippen molar-refractivity contribution in [1.29, 1.82) is 0 Å². The highest BCUT2D eigenvalue weighted by Crippen LogP contribution is 2.37. The molecule has 0 saturated heterocycles. The average molecular weight is 522 g/mol. The van der Waals surface area contributed by atoms with Gasteiger partial charge in [-0.1, -0.05) is 96.8 Å². The Hall–Kier alpha value is -3.63. The van der Waals surface area contributed by atoms with E-state index in [1.54, 1.807) is 0 Å². The van der Waals surface area contributed by atoms with E-state index in [0.29, 0.717) is 22.4 Å². The minimum atomic E-state index is 0.154. The van der Waals surface area contributed by atoms with Gasteiger partial charge >= 0.3 is 6.15 Å². The van der Waals surface area contributed by atoms with E-state index in [9.17, 15) is 0 Å². The Labute approximate surface area is 220 Å². The maximum atomic E-state index is 8.12. The average Bonchev–Trinajstić information content (AvgIpc) is 3.27. The summed E-state index contributed by atoms with van der Waals surface area (Å²) in [6.07, 6.45) is 4.28. The zero-order valence-electron chi connectivity index (χ0n) is 20.1. The van der Waals surface area contributed by atoms with Gasteiger partial charge < -0.3 is 9.26 Å². The highest BCUT2D eigenvalue weighted by Gasteiger charge is 2.23. The lowest BCUT2D eigenvalue weighted by Gasteiger charge is -2.12. The first-order valence-electron chi connectivity index (χ1n) is 11.2. The van der Waals surface area contributed by atoms with Gasteiger partial charge in [-0.25, -0.2) is 0 Å². The van der Waals surface area contributed by atoms with E-state index >= 15 is 0 Å². The molecule has 4 rings (SSSR count). The summed E-state index contributed by atoms with van der Waals surface area (Å²) >= 11 is 13.0. The van der Waals surface area contributed by atoms with Gasteiger partial charge in [-0.05, 0) is 47.9 Å². The monoisotopic (exact) mass is 521 g/mol. The SMILES string of the molecule is Cc1cccc(Cl)c1-c1noc(C(C)C)c1COc1ccc(/C=C/c2ccccc2)c(Cl)c1.O=C=O. The van der Waals surface area contributed by atoms with Crippen LogP contribution in [0.5, 0.6) is 5.75 Å². The number of ether oxygens (including phenoxy) is 1. The molecule has 0 radical (unpaired) electrons. The van der Waals surface area contributed by atoms with E-state index in [1.807, 2.05) is 85.8 Å². The molecule has 0 unspecified atom stereocenters. The van der Waals surface area contributed by atoms with Gasteiger partial charge in [-0.3, -0.25) is 0 Å². The topological polar surface area (TPSA) is 69.4 Å². The summed E-state index contributed by atoms with van der Waals surface area (Å²) in [4.78, 5) is 16.2. The maximum Gasteiger partial charge on any atom is 0.373 e. The molecule has 0 amide bonds. The molecule has 0 N–H and O–H groups in total. The second-order valence-corrected chi connectivity index (χ2v) is 9.07. The van der Waals surface area contributed by atoms with Crippen LogP contribution in [0.2, 0.25) is 10.0 Å². The first kappa shape index (κ1) is 27.0. The number of hydrogen-bond acceptors (Lipinski definition) is 5. The van der Waals surface area contributed by atoms with E-state index < -0.39 is 0 Å². The van der Waals surface area contributed by atoms with Crippen molar-refractivity contribution in [3.05, 3.63) is 105 Å². The lowest BCUT2D eigenvalue weighted by Crippen LogP contribution is -2.01. The molecule has 0 aliphatic carbocycles. The van der Waals surface area contributed by atoms with Crippen LogP contribution in [0.25, 0.3) is 23.4 Å². The minimum Gasteiger partial charge on any atom is -0.489 e. The second kappa shape index (κ2) is 12.9. The summed E-state index contributed by atoms with van der Waals surface area (Å²) in [7, 11) is 0. The van der Waals surface area contributed by atoms with E-state index in [4.69, 9.17) is 42.1 Å². The molecule has 5 nitrogen and oxygen atoms in total. The van der Waals surface area contributed by atoms with Crippen LogP contribution in [0.15, 0.2) is 71.3 Å². The van der Waals surface area contributed by atoms with Crippen molar-refractivity contribution in [2.24, 2.45) is 0 Å². The minimum absolute atomic E-state index is 0.154. The fraction of sp³-hybridized carbons (Fsp3) is 0.172. The lowest BCUT2D eigenvalue weighted by molar-refractivity contribution is -0.191. The molecule has 0 spiro atoms. The number of hydrogen-bond donors (Lipinski definition) is 0. The van der Waals surface area contributed by atoms with Crippen LogP contribution in [0.1, 0.15) is 47.8 Å². The van der Waals surface area contributed by atoms with Gasteiger partial charge in [0, 0.05) is 11.5 Å². The molecule has 0 aliphatic heterocycles. The summed E-state index contributed by atoms with van der Waals surface area (Å²) in [5.74, 6) is 1.62. The Balaban J connectivity index is 0.00000115. The standard InChI is InChI=1S/C28H25Cl2NO2.CO2/c1-18(2)28-23(27(31-33-28)26-19(3)8-7-11-24(26)29)17-32-22-15-14-21(25(30)16-22)13-12-20-9-5-4-6-10-20;2-1-3/h4-16,18H,17H2,1-3H3;/b13-12+;. The Morgan fingerprint density at radius 3 is 2.33 bits per heavy atom. The molecule has 7 heteroatoms. The highest BCUT2D eigenvalue weighted by molar-refractivity contribution is 6.33. The molecule has 36 heavy (non-hydrogen) atoms. The van der Waals surface area contributed by atoms with Crippen LogP contribution in [0.3, 0.4) is 0 Å². The van der Waals surface area contributed by atoms with Crippen molar-refractivity contribution in [3.63, 3.8) is 0 Å². The van der Waals surface area contributed by atoms with Crippen molar-refractivity contribution in [1.82, 2.24) is 5.16 Å². The van der Waals surface area contributed by atoms with Crippen molar-refractivity contribution in [3.8, 4) is 17.0 Å². The predicted octanol–water partition coefficient (Wildman–Crippen LogP) is 8.25. The number of aryl methyl sites for hydroxylation is 1. The Morgan fingerprint density at radius 1 is 0.972 bits per heavy atom. The molecule has 0 fully saturated rings. The first-order valence-corrected chi connectivity index (χ1v) is 12.0. The van der Waals surface area contributed by atoms with Gasteiger partial charge in [0.15, 0.2) is 0 Å². The number of carbonyl (C=O) groups excluding carboxylic acids is 2. The van der Waals surface area contributed by atoms with Crippen LogP contribution >= 0.6 is 23.2 Å². The van der Waals surface area contributed by atoms with E-state index in [2.05, 4.69) is 19.0 Å². The smallest absolute Gasteiger partial charge is 0.373 e. The van der Waals surface area contributed by atoms with Crippen molar-refractivity contribution in [2.45, 2.75) is 33.3 Å². The summed E-state index contributed by atoms with van der Waals surface area (Å²) in [5.41, 5.74) is 5.55. The highest BCUT2D eigenvalue weighted by atomic mass is 35.5. The number of nitrogens with zero attached hydrogens (tertiary/aromatic N) is 1. The van der Waals surface area contributed by atoms with Crippen LogP contribution in [-0.2, 0) is 16.2 Å². The van der Waals surface area contributed by atoms with Crippen LogP contribution in [0.4, 0.5) is 0 Å². The number of halogens is 2. The third-order valence-corrected chi connectivity index (χ3v) is 6.05. The normalized spacial score (nSPS) is 10.7. The van der Waals surface area contributed by atoms with Gasteiger partial charge in [0.1, 0.15) is 23.8 Å². The largest absolute Gasteiger partial charge is 0.489 e. The first-order chi connectivity index (χ1) is 17.3. The molecule has 184 valence electrons. The fourth-order valence-electron chi connectivity index (χ4n) is 3.68. The Bertz CT molecular complexity index is 1350. The molecule has 0 bridgehead atoms. The van der Waals surface area contributed by atoms with E-state index in [0.717, 1.165) is 39.3 Å². The fourth-order valence-corrected chi connectivity index (χ4v) is 4.23. The molecule has 3 aromatic carbocycles. The zero-order chi connectivity index (χ0) is 26.1. The van der Waals surface area contributed by atoms with Crippen molar-refractivity contribution in [2.75, 3.05) is 0 Å². The van der Waals surface area contributed by atoms with Gasteiger partial charge in [-0.15, -0.1) is 0 Å². The summed E-state index contributed by atoms with van der Waals surface area (Å²) < 4.78 is 11.8. The maximum absolute atomic E-state index is 8.12. The quantitative estimate of drug-likeness (QED) is 0.229. The summed E-state index contributed by atoms with van der Waals surface area (Å²) in [6.45, 7) is 6.44. The lowest BCUT2D eigenvalue weighted by atomic mass is 9.98. The van der Waals surface area contributed by atoms with Crippen molar-refractivity contribution >= 4 is 41.5 Å². The van der Waals surface area contributed by atoms with Crippen molar-refractivity contribution < 1.29 is 18.8 Å². The van der Waals surface area contributed by atoms with Gasteiger partial charge in [0.2, 0.25) is 0 Å². The molecule has 0 atom stereocenters. The van der Waals surface area contributed by atoms with Gasteiger partial charge in [0.25, 0.3) is 0 Å². The molecule has 1 aromatic heterocycles. The third-order valence-electron chi connectivity index (χ3n) is 5.41. The molecule has 0 saturated carbocycles. The number of benzene rings is 3. The van der Waals surface area contributed by atoms with Gasteiger partial charge in [-0.2, -0.15) is 9.59 Å². The molecular formula is C29H25Cl2NO4. The molecule has 0 aliphatic rings. The third kappa shape index (κ3) is 6.73. The van der Waals surface area contributed by atoms with Crippen LogP contribution in [0, 0.1) is 6.92 Å². The Kier molecular flexibility index (Phi) is 9.66. The predicted molar refractivity (Wildman–Crippen MR) is 142 cm³/mol. The molecule has 1 heterocycles.